The molecule has 3 rings (SSSR count). The monoisotopic (exact) mass is 543 g/mol. The molecular weight excluding hydrogens is 506 g/mol. The highest BCUT2D eigenvalue weighted by atomic mass is 16.5. The average molecular weight is 544 g/mol. The molecule has 0 fully saturated rings. The lowest BCUT2D eigenvalue weighted by Gasteiger charge is -2.25. The summed E-state index contributed by atoms with van der Waals surface area (Å²) in [5.41, 5.74) is 2.56. The van der Waals surface area contributed by atoms with Gasteiger partial charge in [-0.25, -0.2) is 4.79 Å². The van der Waals surface area contributed by atoms with Crippen LogP contribution in [0.25, 0.3) is 0 Å². The first kappa shape index (κ1) is 30.1. The zero-order valence-corrected chi connectivity index (χ0v) is 22.9. The van der Waals surface area contributed by atoms with Crippen LogP contribution in [0.2, 0.25) is 0 Å². The molecule has 0 saturated carbocycles. The second-order valence-corrected chi connectivity index (χ2v) is 10.1. The van der Waals surface area contributed by atoms with Crippen LogP contribution >= 0.6 is 0 Å². The molecule has 0 saturated heterocycles. The van der Waals surface area contributed by atoms with Gasteiger partial charge in [-0.2, -0.15) is 0 Å². The molecule has 3 N–H and O–H groups in total. The lowest BCUT2D eigenvalue weighted by molar-refractivity contribution is -0.131. The van der Waals surface area contributed by atoms with Crippen LogP contribution in [0.4, 0.5) is 4.79 Å². The van der Waals surface area contributed by atoms with Gasteiger partial charge in [-0.05, 0) is 35.4 Å². The maximum atomic E-state index is 13.5. The molecule has 0 bridgehead atoms. The highest BCUT2D eigenvalue weighted by Gasteiger charge is 2.29. The Balaban J connectivity index is 1.69. The minimum absolute atomic E-state index is 0.0548. The Hall–Kier alpha value is -4.46. The molecule has 0 aliphatic carbocycles. The largest absolute Gasteiger partial charge is 0.445 e. The molecule has 0 radical (unpaired) electrons. The van der Waals surface area contributed by atoms with Crippen LogP contribution in [0.15, 0.2) is 91.0 Å². The zero-order valence-electron chi connectivity index (χ0n) is 22.9. The van der Waals surface area contributed by atoms with E-state index < -0.39 is 36.0 Å². The van der Waals surface area contributed by atoms with Gasteiger partial charge >= 0.3 is 6.09 Å². The van der Waals surface area contributed by atoms with Crippen LogP contribution in [-0.4, -0.2) is 42.3 Å². The van der Waals surface area contributed by atoms with Gasteiger partial charge < -0.3 is 25.5 Å². The van der Waals surface area contributed by atoms with Gasteiger partial charge in [0.25, 0.3) is 0 Å². The van der Waals surface area contributed by atoms with Crippen molar-refractivity contribution in [1.82, 2.24) is 16.0 Å². The number of rotatable bonds is 14. The first-order valence-electron chi connectivity index (χ1n) is 13.4. The number of carbonyl (C=O) groups excluding carboxylic acids is 4. The fourth-order valence-electron chi connectivity index (χ4n) is 4.23. The quantitative estimate of drug-likeness (QED) is 0.266. The highest BCUT2D eigenvalue weighted by molar-refractivity contribution is 5.92. The molecule has 0 heterocycles. The molecule has 8 heteroatoms. The molecule has 0 spiro atoms. The number of hydrogen-bond donors (Lipinski definition) is 3. The molecule has 3 amide bonds. The minimum atomic E-state index is -0.987. The number of amides is 3. The summed E-state index contributed by atoms with van der Waals surface area (Å²) in [6.07, 6.45) is 0.846. The lowest BCUT2D eigenvalue weighted by atomic mass is 10.00. The van der Waals surface area contributed by atoms with Crippen LogP contribution < -0.4 is 16.0 Å². The van der Waals surface area contributed by atoms with Crippen molar-refractivity contribution in [2.75, 3.05) is 0 Å². The maximum absolute atomic E-state index is 13.5. The Morgan fingerprint density at radius 3 is 1.70 bits per heavy atom. The Morgan fingerprint density at radius 2 is 1.18 bits per heavy atom. The fourth-order valence-corrected chi connectivity index (χ4v) is 4.23. The zero-order chi connectivity index (χ0) is 28.7. The molecule has 0 aliphatic rings. The van der Waals surface area contributed by atoms with Gasteiger partial charge in [-0.3, -0.25) is 9.59 Å². The van der Waals surface area contributed by atoms with Crippen LogP contribution in [-0.2, 0) is 38.6 Å². The van der Waals surface area contributed by atoms with Gasteiger partial charge in [0.1, 0.15) is 25.0 Å². The van der Waals surface area contributed by atoms with Gasteiger partial charge in [-0.1, -0.05) is 105 Å². The number of carbonyl (C=O) groups is 4. The summed E-state index contributed by atoms with van der Waals surface area (Å²) in [5, 5.41) is 8.22. The number of alkyl carbamates (subject to hydrolysis) is 1. The van der Waals surface area contributed by atoms with E-state index in [-0.39, 0.29) is 18.9 Å². The maximum Gasteiger partial charge on any atom is 0.408 e. The van der Waals surface area contributed by atoms with E-state index in [1.54, 1.807) is 0 Å². The van der Waals surface area contributed by atoms with E-state index in [2.05, 4.69) is 16.0 Å². The van der Waals surface area contributed by atoms with E-state index in [4.69, 9.17) is 4.74 Å². The molecule has 3 aromatic rings. The number of nitrogens with one attached hydrogen (secondary N) is 3. The summed E-state index contributed by atoms with van der Waals surface area (Å²) in [4.78, 5) is 51.1. The summed E-state index contributed by atoms with van der Waals surface area (Å²) in [7, 11) is 0. The molecule has 40 heavy (non-hydrogen) atoms. The molecule has 3 atom stereocenters. The van der Waals surface area contributed by atoms with Crippen molar-refractivity contribution >= 4 is 24.2 Å². The molecule has 0 aromatic heterocycles. The third-order valence-corrected chi connectivity index (χ3v) is 6.23. The third kappa shape index (κ3) is 10.4. The Morgan fingerprint density at radius 1 is 0.675 bits per heavy atom. The minimum Gasteiger partial charge on any atom is -0.445 e. The molecule has 8 nitrogen and oxygen atoms in total. The van der Waals surface area contributed by atoms with Gasteiger partial charge in [0.05, 0.1) is 6.04 Å². The second kappa shape index (κ2) is 15.8. The van der Waals surface area contributed by atoms with Gasteiger partial charge in [-0.15, -0.1) is 0 Å². The van der Waals surface area contributed by atoms with E-state index in [0.29, 0.717) is 19.1 Å². The number of benzene rings is 3. The standard InChI is InChI=1S/C32H37N3O5/c1-23(2)18-28(30(37)33-27(21-36)19-24-12-6-3-7-13-24)34-31(38)29(20-25-14-8-4-9-15-25)35-32(39)40-22-26-16-10-5-11-17-26/h3-17,21,23,27-29H,18-20,22H2,1-2H3,(H,33,37)(H,34,38)(H,35,39)/t27-,28-,29-/m0/s1. The van der Waals surface area contributed by atoms with E-state index >= 15 is 0 Å². The van der Waals surface area contributed by atoms with E-state index in [0.717, 1.165) is 16.7 Å². The Bertz CT molecular complexity index is 1220. The van der Waals surface area contributed by atoms with Crippen molar-refractivity contribution in [3.05, 3.63) is 108 Å². The van der Waals surface area contributed by atoms with E-state index in [1.165, 1.54) is 0 Å². The van der Waals surface area contributed by atoms with Crippen molar-refractivity contribution in [1.29, 1.82) is 0 Å². The second-order valence-electron chi connectivity index (χ2n) is 10.1. The predicted molar refractivity (Wildman–Crippen MR) is 153 cm³/mol. The Labute approximate surface area is 235 Å². The van der Waals surface area contributed by atoms with Crippen LogP contribution in [0.3, 0.4) is 0 Å². The van der Waals surface area contributed by atoms with E-state index in [9.17, 15) is 19.2 Å². The fraction of sp³-hybridized carbons (Fsp3) is 0.312. The Kier molecular flexibility index (Phi) is 11.9. The van der Waals surface area contributed by atoms with Crippen molar-refractivity contribution in [2.45, 2.75) is 57.8 Å². The molecular formula is C32H37N3O5. The van der Waals surface area contributed by atoms with Gasteiger partial charge in [0.2, 0.25) is 11.8 Å². The van der Waals surface area contributed by atoms with Crippen LogP contribution in [0.1, 0.15) is 37.0 Å². The normalized spacial score (nSPS) is 13.0. The predicted octanol–water partition coefficient (Wildman–Crippen LogP) is 3.98. The van der Waals surface area contributed by atoms with Crippen LogP contribution in [0, 0.1) is 5.92 Å². The summed E-state index contributed by atoms with van der Waals surface area (Å²) < 4.78 is 5.34. The first-order valence-corrected chi connectivity index (χ1v) is 13.4. The van der Waals surface area contributed by atoms with E-state index in [1.807, 2.05) is 105 Å². The highest BCUT2D eigenvalue weighted by Crippen LogP contribution is 2.10. The number of aldehydes is 1. The average Bonchev–Trinajstić information content (AvgIpc) is 2.96. The summed E-state index contributed by atoms with van der Waals surface area (Å²) in [5.74, 6) is -0.900. The summed E-state index contributed by atoms with van der Waals surface area (Å²) >= 11 is 0. The number of ether oxygens (including phenoxy) is 1. The van der Waals surface area contributed by atoms with Crippen molar-refractivity contribution in [2.24, 2.45) is 5.92 Å². The van der Waals surface area contributed by atoms with Gasteiger partial charge in [0, 0.05) is 6.42 Å². The summed E-state index contributed by atoms with van der Waals surface area (Å²) in [6.45, 7) is 3.93. The van der Waals surface area contributed by atoms with Crippen molar-refractivity contribution in [3.63, 3.8) is 0 Å². The van der Waals surface area contributed by atoms with Crippen LogP contribution in [0.5, 0.6) is 0 Å². The first-order chi connectivity index (χ1) is 19.3. The third-order valence-electron chi connectivity index (χ3n) is 6.23. The lowest BCUT2D eigenvalue weighted by Crippen LogP contribution is -2.56. The summed E-state index contributed by atoms with van der Waals surface area (Å²) in [6, 6.07) is 25.2. The topological polar surface area (TPSA) is 114 Å². The molecule has 210 valence electrons. The smallest absolute Gasteiger partial charge is 0.408 e. The van der Waals surface area contributed by atoms with Crippen molar-refractivity contribution < 1.29 is 23.9 Å². The SMILES string of the molecule is CC(C)C[C@H](NC(=O)[C@H](Cc1ccccc1)NC(=O)OCc1ccccc1)C(=O)N[C@H](C=O)Cc1ccccc1. The molecule has 0 aliphatic heterocycles. The van der Waals surface area contributed by atoms with Crippen molar-refractivity contribution in [3.8, 4) is 0 Å². The van der Waals surface area contributed by atoms with Gasteiger partial charge in [0.15, 0.2) is 0 Å². The molecule has 3 aromatic carbocycles. The number of hydrogen-bond acceptors (Lipinski definition) is 5. The molecule has 0 unspecified atom stereocenters.